The molecule has 0 radical (unpaired) electrons. The van der Waals surface area contributed by atoms with Crippen LogP contribution in [0.5, 0.6) is 0 Å². The summed E-state index contributed by atoms with van der Waals surface area (Å²) in [6.07, 6.45) is 3.44. The van der Waals surface area contributed by atoms with Gasteiger partial charge in [0.25, 0.3) is 0 Å². The number of halogens is 2. The normalized spacial score (nSPS) is 12.4. The third-order valence-corrected chi connectivity index (χ3v) is 3.04. The lowest BCUT2D eigenvalue weighted by Crippen LogP contribution is -2.15. The summed E-state index contributed by atoms with van der Waals surface area (Å²) >= 11 is 5.63. The highest BCUT2D eigenvalue weighted by Gasteiger charge is 2.06. The zero-order chi connectivity index (χ0) is 13.0. The first kappa shape index (κ1) is 13.0. The minimum absolute atomic E-state index is 0.142. The molecule has 1 aromatic heterocycles. The van der Waals surface area contributed by atoms with Crippen molar-refractivity contribution < 1.29 is 8.81 Å². The van der Waals surface area contributed by atoms with Gasteiger partial charge in [-0.1, -0.05) is 11.6 Å². The molecule has 0 bridgehead atoms. The zero-order valence-corrected chi connectivity index (χ0v) is 10.9. The Morgan fingerprint density at radius 2 is 2.22 bits per heavy atom. The fraction of sp³-hybridized carbons (Fsp3) is 0.286. The van der Waals surface area contributed by atoms with Crippen LogP contribution in [0.2, 0.25) is 5.02 Å². The maximum Gasteiger partial charge on any atom is 0.143 e. The van der Waals surface area contributed by atoms with Gasteiger partial charge in [-0.15, -0.1) is 0 Å². The third-order valence-electron chi connectivity index (χ3n) is 2.74. The first-order valence-corrected chi connectivity index (χ1v) is 6.27. The van der Waals surface area contributed by atoms with E-state index in [1.54, 1.807) is 18.4 Å². The first-order valence-electron chi connectivity index (χ1n) is 5.89. The Morgan fingerprint density at radius 1 is 1.39 bits per heavy atom. The van der Waals surface area contributed by atoms with Gasteiger partial charge in [0, 0.05) is 18.2 Å². The van der Waals surface area contributed by atoms with Gasteiger partial charge >= 0.3 is 0 Å². The number of benzene rings is 1. The molecule has 96 valence electrons. The summed E-state index contributed by atoms with van der Waals surface area (Å²) in [5.41, 5.74) is 0.740. The molecular weight excluding hydrogens is 253 g/mol. The quantitative estimate of drug-likeness (QED) is 0.862. The topological polar surface area (TPSA) is 25.2 Å². The van der Waals surface area contributed by atoms with Crippen LogP contribution in [0, 0.1) is 5.82 Å². The third kappa shape index (κ3) is 3.50. The van der Waals surface area contributed by atoms with Crippen molar-refractivity contribution >= 4 is 17.3 Å². The van der Waals surface area contributed by atoms with Gasteiger partial charge in [0.1, 0.15) is 11.6 Å². The van der Waals surface area contributed by atoms with Gasteiger partial charge in [-0.2, -0.15) is 0 Å². The molecule has 0 aliphatic carbocycles. The summed E-state index contributed by atoms with van der Waals surface area (Å²) in [7, 11) is 0. The number of anilines is 1. The van der Waals surface area contributed by atoms with Crippen molar-refractivity contribution in [1.29, 1.82) is 0 Å². The van der Waals surface area contributed by atoms with E-state index in [-0.39, 0.29) is 11.1 Å². The number of nitrogens with one attached hydrogen (secondary N) is 1. The number of hydrogen-bond donors (Lipinski definition) is 1. The van der Waals surface area contributed by atoms with Gasteiger partial charge in [0.05, 0.1) is 11.3 Å². The van der Waals surface area contributed by atoms with Crippen LogP contribution in [0.1, 0.15) is 19.1 Å². The molecule has 18 heavy (non-hydrogen) atoms. The summed E-state index contributed by atoms with van der Waals surface area (Å²) in [5, 5.41) is 3.37. The Labute approximate surface area is 111 Å². The van der Waals surface area contributed by atoms with E-state index in [0.29, 0.717) is 0 Å². The van der Waals surface area contributed by atoms with Gasteiger partial charge in [-0.25, -0.2) is 4.39 Å². The van der Waals surface area contributed by atoms with Crippen molar-refractivity contribution in [3.8, 4) is 0 Å². The van der Waals surface area contributed by atoms with Crippen LogP contribution < -0.4 is 5.32 Å². The van der Waals surface area contributed by atoms with E-state index < -0.39 is 5.82 Å². The molecule has 0 saturated carbocycles. The average molecular weight is 268 g/mol. The highest BCUT2D eigenvalue weighted by molar-refractivity contribution is 6.30. The minimum atomic E-state index is -0.403. The van der Waals surface area contributed by atoms with Crippen LogP contribution in [-0.2, 0) is 6.42 Å². The lowest BCUT2D eigenvalue weighted by Gasteiger charge is -2.14. The second-order valence-electron chi connectivity index (χ2n) is 4.29. The molecule has 1 unspecified atom stereocenters. The molecule has 0 aliphatic heterocycles. The highest BCUT2D eigenvalue weighted by Crippen LogP contribution is 2.20. The number of aryl methyl sites for hydroxylation is 1. The molecule has 2 aromatic rings. The summed E-state index contributed by atoms with van der Waals surface area (Å²) in [6.45, 7) is 2.05. The highest BCUT2D eigenvalue weighted by atomic mass is 35.5. The Hall–Kier alpha value is -1.48. The predicted octanol–water partition coefficient (Wildman–Crippen LogP) is 4.51. The average Bonchev–Trinajstić information content (AvgIpc) is 2.84. The van der Waals surface area contributed by atoms with E-state index in [4.69, 9.17) is 16.0 Å². The van der Waals surface area contributed by atoms with Crippen molar-refractivity contribution in [3.63, 3.8) is 0 Å². The molecule has 1 N–H and O–H groups in total. The number of furan rings is 1. The maximum absolute atomic E-state index is 13.3. The van der Waals surface area contributed by atoms with Crippen molar-refractivity contribution in [2.24, 2.45) is 0 Å². The molecule has 0 amide bonds. The SMILES string of the molecule is CC(CCc1ccco1)Nc1ccc(Cl)c(F)c1. The van der Waals surface area contributed by atoms with Gasteiger partial charge < -0.3 is 9.73 Å². The van der Waals surface area contributed by atoms with Crippen LogP contribution in [0.4, 0.5) is 10.1 Å². The minimum Gasteiger partial charge on any atom is -0.469 e. The van der Waals surface area contributed by atoms with Crippen molar-refractivity contribution in [3.05, 3.63) is 53.2 Å². The van der Waals surface area contributed by atoms with E-state index in [1.165, 1.54) is 6.07 Å². The molecule has 1 heterocycles. The smallest absolute Gasteiger partial charge is 0.143 e. The summed E-state index contributed by atoms with van der Waals surface area (Å²) < 4.78 is 18.5. The monoisotopic (exact) mass is 267 g/mol. The lowest BCUT2D eigenvalue weighted by atomic mass is 10.1. The van der Waals surface area contributed by atoms with Crippen LogP contribution in [0.15, 0.2) is 41.0 Å². The molecule has 2 nitrogen and oxygen atoms in total. The number of hydrogen-bond acceptors (Lipinski definition) is 2. The predicted molar refractivity (Wildman–Crippen MR) is 71.5 cm³/mol. The largest absolute Gasteiger partial charge is 0.469 e. The molecular formula is C14H15ClFNO. The molecule has 2 rings (SSSR count). The van der Waals surface area contributed by atoms with Gasteiger partial charge in [0.15, 0.2) is 0 Å². The lowest BCUT2D eigenvalue weighted by molar-refractivity contribution is 0.495. The maximum atomic E-state index is 13.3. The Morgan fingerprint density at radius 3 is 2.89 bits per heavy atom. The van der Waals surface area contributed by atoms with E-state index in [9.17, 15) is 4.39 Å². The van der Waals surface area contributed by atoms with Crippen LogP contribution in [0.3, 0.4) is 0 Å². The van der Waals surface area contributed by atoms with Crippen molar-refractivity contribution in [1.82, 2.24) is 0 Å². The van der Waals surface area contributed by atoms with E-state index in [2.05, 4.69) is 12.2 Å². The van der Waals surface area contributed by atoms with Crippen LogP contribution in [0.25, 0.3) is 0 Å². The molecule has 0 saturated heterocycles. The Kier molecular flexibility index (Phi) is 4.26. The molecule has 0 spiro atoms. The van der Waals surface area contributed by atoms with Gasteiger partial charge in [-0.3, -0.25) is 0 Å². The van der Waals surface area contributed by atoms with E-state index in [0.717, 1.165) is 24.3 Å². The van der Waals surface area contributed by atoms with Crippen LogP contribution in [-0.4, -0.2) is 6.04 Å². The Balaban J connectivity index is 1.86. The molecule has 1 atom stereocenters. The second kappa shape index (κ2) is 5.91. The summed E-state index contributed by atoms with van der Waals surface area (Å²) in [5.74, 6) is 0.561. The summed E-state index contributed by atoms with van der Waals surface area (Å²) in [6, 6.07) is 8.80. The molecule has 0 fully saturated rings. The summed E-state index contributed by atoms with van der Waals surface area (Å²) in [4.78, 5) is 0. The molecule has 4 heteroatoms. The number of rotatable bonds is 5. The molecule has 1 aromatic carbocycles. The fourth-order valence-electron chi connectivity index (χ4n) is 1.76. The molecule has 0 aliphatic rings. The van der Waals surface area contributed by atoms with Crippen molar-refractivity contribution in [2.75, 3.05) is 5.32 Å². The van der Waals surface area contributed by atoms with Crippen molar-refractivity contribution in [2.45, 2.75) is 25.8 Å². The van der Waals surface area contributed by atoms with E-state index in [1.807, 2.05) is 12.1 Å². The standard InChI is InChI=1S/C14H15ClFNO/c1-10(4-6-12-3-2-8-18-12)17-11-5-7-13(15)14(16)9-11/h2-3,5,7-10,17H,4,6H2,1H3. The Bertz CT molecular complexity index is 499. The van der Waals surface area contributed by atoms with Gasteiger partial charge in [-0.05, 0) is 43.7 Å². The zero-order valence-electron chi connectivity index (χ0n) is 10.1. The van der Waals surface area contributed by atoms with Crippen LogP contribution >= 0.6 is 11.6 Å². The first-order chi connectivity index (χ1) is 8.65. The van der Waals surface area contributed by atoms with E-state index >= 15 is 0 Å². The van der Waals surface area contributed by atoms with Gasteiger partial charge in [0.2, 0.25) is 0 Å². The second-order valence-corrected chi connectivity index (χ2v) is 4.70. The fourth-order valence-corrected chi connectivity index (χ4v) is 1.87.